The Morgan fingerprint density at radius 2 is 1.27 bits per heavy atom. The van der Waals surface area contributed by atoms with Crippen molar-refractivity contribution in [3.05, 3.63) is 179 Å². The van der Waals surface area contributed by atoms with Gasteiger partial charge in [0.15, 0.2) is 16.4 Å². The molecule has 49 heavy (non-hydrogen) atoms. The van der Waals surface area contributed by atoms with Gasteiger partial charge in [0.2, 0.25) is 0 Å². The quantitative estimate of drug-likeness (QED) is 0.125. The number of H-pyrrole nitrogens is 1. The van der Waals surface area contributed by atoms with Crippen LogP contribution < -0.4 is 4.68 Å². The van der Waals surface area contributed by atoms with Gasteiger partial charge in [0.1, 0.15) is 10.9 Å². The lowest BCUT2D eigenvalue weighted by Crippen LogP contribution is -2.61. The van der Waals surface area contributed by atoms with Gasteiger partial charge in [0.05, 0.1) is 12.1 Å². The zero-order chi connectivity index (χ0) is 33.2. The predicted octanol–water partition coefficient (Wildman–Crippen LogP) is 7.42. The highest BCUT2D eigenvalue weighted by Crippen LogP contribution is 2.38. The SMILES string of the molecule is CCCc1cn(Cc2ccc(-c3ccccc3-c3nn[nH][n+]3C(c3ccccc3)(c3ccccc3)c3ccccc3)cc2)n2nc(C)nc12. The molecule has 3 heterocycles. The van der Waals surface area contributed by atoms with E-state index in [9.17, 15) is 0 Å². The lowest BCUT2D eigenvalue weighted by Gasteiger charge is -2.33. The van der Waals surface area contributed by atoms with E-state index in [0.717, 1.165) is 63.5 Å². The molecule has 0 saturated heterocycles. The van der Waals surface area contributed by atoms with Crippen LogP contribution in [0.2, 0.25) is 0 Å². The summed E-state index contributed by atoms with van der Waals surface area (Å²) in [4.78, 5) is 4.68. The molecular formula is C41H37N8+. The second kappa shape index (κ2) is 12.8. The molecule has 0 amide bonds. The second-order valence-corrected chi connectivity index (χ2v) is 12.4. The Hall–Kier alpha value is -6.15. The molecule has 0 aliphatic carbocycles. The third kappa shape index (κ3) is 5.31. The Bertz CT molecular complexity index is 2220. The van der Waals surface area contributed by atoms with Crippen LogP contribution in [0.1, 0.15) is 47.0 Å². The molecule has 0 aliphatic rings. The highest BCUT2D eigenvalue weighted by atomic mass is 15.6. The van der Waals surface area contributed by atoms with Gasteiger partial charge in [0, 0.05) is 28.5 Å². The van der Waals surface area contributed by atoms with Crippen LogP contribution in [-0.4, -0.2) is 34.9 Å². The fourth-order valence-electron chi connectivity index (χ4n) is 7.08. The van der Waals surface area contributed by atoms with Crippen LogP contribution >= 0.6 is 0 Å². The topological polar surface area (TPSA) is 80.6 Å². The number of fused-ring (bicyclic) bond motifs is 1. The minimum atomic E-state index is -0.780. The summed E-state index contributed by atoms with van der Waals surface area (Å²) in [7, 11) is 0. The van der Waals surface area contributed by atoms with Crippen LogP contribution in [0.5, 0.6) is 0 Å². The van der Waals surface area contributed by atoms with Crippen molar-refractivity contribution >= 4 is 5.65 Å². The zero-order valence-corrected chi connectivity index (χ0v) is 27.6. The monoisotopic (exact) mass is 641 g/mol. The van der Waals surface area contributed by atoms with Gasteiger partial charge in [-0.1, -0.05) is 152 Å². The van der Waals surface area contributed by atoms with Crippen LogP contribution in [0, 0.1) is 6.92 Å². The first-order valence-corrected chi connectivity index (χ1v) is 16.8. The van der Waals surface area contributed by atoms with Gasteiger partial charge in [-0.05, 0) is 36.1 Å². The van der Waals surface area contributed by atoms with Gasteiger partial charge >= 0.3 is 5.82 Å². The molecule has 8 heteroatoms. The molecule has 0 unspecified atom stereocenters. The van der Waals surface area contributed by atoms with Crippen molar-refractivity contribution in [1.29, 1.82) is 0 Å². The zero-order valence-electron chi connectivity index (χ0n) is 27.6. The summed E-state index contributed by atoms with van der Waals surface area (Å²) in [5, 5.41) is 17.2. The number of aryl methyl sites for hydroxylation is 2. The molecule has 1 N–H and O–H groups in total. The van der Waals surface area contributed by atoms with Crippen molar-refractivity contribution < 1.29 is 4.68 Å². The number of rotatable bonds is 10. The molecule has 3 aromatic heterocycles. The van der Waals surface area contributed by atoms with Crippen molar-refractivity contribution in [2.75, 3.05) is 0 Å². The van der Waals surface area contributed by atoms with Gasteiger partial charge in [0.25, 0.3) is 0 Å². The molecule has 0 atom stereocenters. The molecule has 8 aromatic rings. The highest BCUT2D eigenvalue weighted by Gasteiger charge is 2.46. The predicted molar refractivity (Wildman–Crippen MR) is 191 cm³/mol. The molecule has 0 radical (unpaired) electrons. The number of nitrogens with one attached hydrogen (secondary N) is 1. The van der Waals surface area contributed by atoms with E-state index < -0.39 is 5.54 Å². The Balaban J connectivity index is 1.23. The fraction of sp³-hybridized carbons (Fsp3) is 0.146. The average Bonchev–Trinajstić information content (AvgIpc) is 3.87. The summed E-state index contributed by atoms with van der Waals surface area (Å²) < 4.78 is 6.20. The van der Waals surface area contributed by atoms with Gasteiger partial charge < -0.3 is 0 Å². The number of tetrazole rings is 1. The Morgan fingerprint density at radius 3 is 1.86 bits per heavy atom. The maximum absolute atomic E-state index is 4.78. The Labute approximate surface area is 285 Å². The van der Waals surface area contributed by atoms with Gasteiger partial charge in [-0.2, -0.15) is 4.63 Å². The normalized spacial score (nSPS) is 11.7. The molecule has 8 rings (SSSR count). The minimum absolute atomic E-state index is 0.696. The number of aromatic amines is 1. The molecule has 0 saturated carbocycles. The Morgan fingerprint density at radius 1 is 0.694 bits per heavy atom. The first-order chi connectivity index (χ1) is 24.2. The molecule has 240 valence electrons. The number of hydrogen-bond acceptors (Lipinski definition) is 4. The van der Waals surface area contributed by atoms with Crippen LogP contribution in [0.25, 0.3) is 28.2 Å². The summed E-state index contributed by atoms with van der Waals surface area (Å²) in [5.74, 6) is 1.52. The smallest absolute Gasteiger partial charge is 0.266 e. The van der Waals surface area contributed by atoms with Crippen molar-refractivity contribution in [2.45, 2.75) is 38.8 Å². The van der Waals surface area contributed by atoms with Crippen LogP contribution in [0.4, 0.5) is 0 Å². The third-order valence-electron chi connectivity index (χ3n) is 9.24. The maximum Gasteiger partial charge on any atom is 0.334 e. The first kappa shape index (κ1) is 30.2. The van der Waals surface area contributed by atoms with E-state index in [1.54, 1.807) is 0 Å². The molecule has 8 nitrogen and oxygen atoms in total. The Kier molecular flexibility index (Phi) is 7.89. The summed E-state index contributed by atoms with van der Waals surface area (Å²) in [6, 6.07) is 48.9. The molecule has 0 fully saturated rings. The highest BCUT2D eigenvalue weighted by molar-refractivity contribution is 5.79. The average molecular weight is 642 g/mol. The van der Waals surface area contributed by atoms with Crippen molar-refractivity contribution in [1.82, 2.24) is 34.9 Å². The molecule has 5 aromatic carbocycles. The summed E-state index contributed by atoms with van der Waals surface area (Å²) >= 11 is 0. The van der Waals surface area contributed by atoms with E-state index in [2.05, 4.69) is 183 Å². The van der Waals surface area contributed by atoms with Crippen LogP contribution in [0.3, 0.4) is 0 Å². The van der Waals surface area contributed by atoms with E-state index >= 15 is 0 Å². The van der Waals surface area contributed by atoms with E-state index in [1.165, 1.54) is 11.1 Å². The largest absolute Gasteiger partial charge is 0.334 e. The van der Waals surface area contributed by atoms with Crippen molar-refractivity contribution in [2.24, 2.45) is 0 Å². The van der Waals surface area contributed by atoms with Gasteiger partial charge in [-0.25, -0.2) is 4.98 Å². The molecule has 0 spiro atoms. The standard InChI is InChI=1S/C41H36N8/c1-3-15-33-29-47(49-39(33)42-30(2)44-49)28-31-24-26-32(27-25-31)37-22-13-14-23-38(37)40-43-45-46-48(40)41(34-16-7-4-8-17-34,35-18-9-5-10-19-35)36-20-11-6-12-21-36/h4-14,16-27,29H,3,15,28H2,1-2H3/p+1. The number of hydrogen-bond donors (Lipinski definition) is 1. The van der Waals surface area contributed by atoms with E-state index in [4.69, 9.17) is 5.10 Å². The van der Waals surface area contributed by atoms with Crippen molar-refractivity contribution in [3.8, 4) is 22.5 Å². The number of benzene rings is 5. The first-order valence-electron chi connectivity index (χ1n) is 16.8. The van der Waals surface area contributed by atoms with Crippen LogP contribution in [-0.2, 0) is 18.5 Å². The van der Waals surface area contributed by atoms with E-state index in [0.29, 0.717) is 6.54 Å². The minimum Gasteiger partial charge on any atom is -0.266 e. The maximum atomic E-state index is 4.78. The number of aromatic nitrogens is 8. The molecular weight excluding hydrogens is 605 g/mol. The summed E-state index contributed by atoms with van der Waals surface area (Å²) in [5.41, 5.74) is 9.00. The van der Waals surface area contributed by atoms with Gasteiger partial charge in [-0.3, -0.25) is 4.68 Å². The van der Waals surface area contributed by atoms with E-state index in [-0.39, 0.29) is 0 Å². The van der Waals surface area contributed by atoms with Gasteiger partial charge in [-0.15, -0.1) is 9.78 Å². The summed E-state index contributed by atoms with van der Waals surface area (Å²) in [6.45, 7) is 4.84. The molecule has 0 bridgehead atoms. The lowest BCUT2D eigenvalue weighted by atomic mass is 9.77. The lowest BCUT2D eigenvalue weighted by molar-refractivity contribution is -0.779. The summed E-state index contributed by atoms with van der Waals surface area (Å²) in [6.07, 6.45) is 4.23. The third-order valence-corrected chi connectivity index (χ3v) is 9.24. The van der Waals surface area contributed by atoms with Crippen LogP contribution in [0.15, 0.2) is 146 Å². The van der Waals surface area contributed by atoms with E-state index in [1.807, 2.05) is 11.6 Å². The van der Waals surface area contributed by atoms with Crippen molar-refractivity contribution in [3.63, 3.8) is 0 Å². The number of nitrogens with zero attached hydrogens (tertiary/aromatic N) is 7. The molecule has 0 aliphatic heterocycles. The fourth-order valence-corrected chi connectivity index (χ4v) is 7.08. The second-order valence-electron chi connectivity index (χ2n) is 12.4.